The van der Waals surface area contributed by atoms with Crippen LogP contribution in [-0.2, 0) is 19.1 Å². The van der Waals surface area contributed by atoms with Crippen molar-refractivity contribution in [2.24, 2.45) is 11.8 Å². The molecule has 1 aliphatic carbocycles. The first kappa shape index (κ1) is 21.4. The summed E-state index contributed by atoms with van der Waals surface area (Å²) in [4.78, 5) is 23.9. The molecule has 5 nitrogen and oxygen atoms in total. The number of ether oxygens (including phenoxy) is 2. The van der Waals surface area contributed by atoms with Gasteiger partial charge in [0.15, 0.2) is 0 Å². The highest BCUT2D eigenvalue weighted by molar-refractivity contribution is 5.91. The zero-order valence-electron chi connectivity index (χ0n) is 16.7. The van der Waals surface area contributed by atoms with Crippen LogP contribution in [-0.4, -0.2) is 35.4 Å². The molecular formula is C22H32O5. The maximum atomic E-state index is 12.2. The van der Waals surface area contributed by atoms with Crippen LogP contribution < -0.4 is 0 Å². The van der Waals surface area contributed by atoms with Crippen LogP contribution in [0.5, 0.6) is 0 Å². The second-order valence-corrected chi connectivity index (χ2v) is 7.94. The van der Waals surface area contributed by atoms with Crippen LogP contribution in [0.25, 0.3) is 0 Å². The van der Waals surface area contributed by atoms with Gasteiger partial charge >= 0.3 is 11.9 Å². The van der Waals surface area contributed by atoms with Gasteiger partial charge in [0.05, 0.1) is 6.10 Å². The lowest BCUT2D eigenvalue weighted by Crippen LogP contribution is -2.41. The van der Waals surface area contributed by atoms with Crippen molar-refractivity contribution in [3.8, 4) is 0 Å². The fourth-order valence-corrected chi connectivity index (χ4v) is 3.95. The van der Waals surface area contributed by atoms with Gasteiger partial charge in [-0.15, -0.1) is 0 Å². The highest BCUT2D eigenvalue weighted by atomic mass is 16.6. The van der Waals surface area contributed by atoms with Gasteiger partial charge in [0.1, 0.15) is 12.2 Å². The number of hydrogen-bond acceptors (Lipinski definition) is 5. The Morgan fingerprint density at radius 2 is 2.04 bits per heavy atom. The Balaban J connectivity index is 2.33. The van der Waals surface area contributed by atoms with Crippen LogP contribution in [0.3, 0.4) is 0 Å². The standard InChI is InChI=1S/C22H32O5/c1-13-8-6-10-14(2)19(24)12-18-16(4)22(25)27-21(18)20(26-17(5)23)15(3)11-7-9-13/h8,15,18-21,24H,2,4,6-7,9-12H2,1,3,5H3/b13-8+/t15-,18?,19+,20+,21+/m0/s1. The second kappa shape index (κ2) is 9.36. The van der Waals surface area contributed by atoms with E-state index in [1.54, 1.807) is 0 Å². The van der Waals surface area contributed by atoms with E-state index in [1.165, 1.54) is 12.5 Å². The molecule has 0 saturated carbocycles. The molecule has 1 saturated heterocycles. The molecule has 1 heterocycles. The van der Waals surface area contributed by atoms with E-state index in [2.05, 4.69) is 26.2 Å². The molecule has 0 aromatic carbocycles. The van der Waals surface area contributed by atoms with Crippen molar-refractivity contribution >= 4 is 11.9 Å². The summed E-state index contributed by atoms with van der Waals surface area (Å²) in [6.45, 7) is 13.4. The van der Waals surface area contributed by atoms with E-state index in [9.17, 15) is 14.7 Å². The number of aliphatic hydroxyl groups excluding tert-OH is 1. The van der Waals surface area contributed by atoms with Crippen molar-refractivity contribution in [2.75, 3.05) is 0 Å². The van der Waals surface area contributed by atoms with Crippen molar-refractivity contribution in [3.05, 3.63) is 36.0 Å². The summed E-state index contributed by atoms with van der Waals surface area (Å²) in [7, 11) is 0. The average Bonchev–Trinajstić information content (AvgIpc) is 2.86. The number of hydrogen-bond donors (Lipinski definition) is 1. The van der Waals surface area contributed by atoms with Crippen LogP contribution >= 0.6 is 0 Å². The van der Waals surface area contributed by atoms with Crippen LogP contribution in [0.2, 0.25) is 0 Å². The van der Waals surface area contributed by atoms with Crippen molar-refractivity contribution in [1.82, 2.24) is 0 Å². The average molecular weight is 376 g/mol. The first-order valence-corrected chi connectivity index (χ1v) is 9.79. The van der Waals surface area contributed by atoms with E-state index < -0.39 is 36.2 Å². The van der Waals surface area contributed by atoms with E-state index in [0.717, 1.165) is 31.3 Å². The zero-order valence-corrected chi connectivity index (χ0v) is 16.7. The third kappa shape index (κ3) is 5.55. The van der Waals surface area contributed by atoms with Crippen LogP contribution in [0.1, 0.15) is 59.3 Å². The number of carbonyl (C=O) groups excluding carboxylic acids is 2. The SMILES string of the molecule is C=C1C(=O)O[C@@H]2C1C[C@@H](O)C(=C)CC/C=C(\C)CCC[C@H](C)[C@H]2OC(C)=O. The molecule has 1 aliphatic heterocycles. The minimum absolute atomic E-state index is 0.0242. The minimum atomic E-state index is -0.756. The van der Waals surface area contributed by atoms with Crippen LogP contribution in [0.15, 0.2) is 36.0 Å². The van der Waals surface area contributed by atoms with E-state index >= 15 is 0 Å². The first-order chi connectivity index (χ1) is 12.7. The predicted octanol–water partition coefficient (Wildman–Crippen LogP) is 3.87. The first-order valence-electron chi connectivity index (χ1n) is 9.79. The third-order valence-corrected chi connectivity index (χ3v) is 5.67. The van der Waals surface area contributed by atoms with Crippen molar-refractivity contribution in [2.45, 2.75) is 77.6 Å². The topological polar surface area (TPSA) is 72.8 Å². The zero-order chi connectivity index (χ0) is 20.1. The van der Waals surface area contributed by atoms with E-state index in [1.807, 2.05) is 6.92 Å². The maximum absolute atomic E-state index is 12.2. The fourth-order valence-electron chi connectivity index (χ4n) is 3.95. The Morgan fingerprint density at radius 3 is 2.70 bits per heavy atom. The summed E-state index contributed by atoms with van der Waals surface area (Å²) in [6, 6.07) is 0. The second-order valence-electron chi connectivity index (χ2n) is 7.94. The molecule has 0 spiro atoms. The number of allylic oxidation sites excluding steroid dienone is 2. The lowest BCUT2D eigenvalue weighted by atomic mass is 9.81. The highest BCUT2D eigenvalue weighted by Gasteiger charge is 2.47. The summed E-state index contributed by atoms with van der Waals surface area (Å²) in [5, 5.41) is 10.6. The molecule has 1 N–H and O–H groups in total. The molecule has 0 amide bonds. The molecule has 0 radical (unpaired) electrons. The lowest BCUT2D eigenvalue weighted by molar-refractivity contribution is -0.165. The molecule has 150 valence electrons. The van der Waals surface area contributed by atoms with Crippen LogP contribution in [0, 0.1) is 11.8 Å². The Kier molecular flexibility index (Phi) is 7.42. The molecule has 1 fully saturated rings. The molecule has 0 bridgehead atoms. The van der Waals surface area contributed by atoms with E-state index in [0.29, 0.717) is 18.4 Å². The molecule has 2 rings (SSSR count). The monoisotopic (exact) mass is 376 g/mol. The van der Waals surface area contributed by atoms with Gasteiger partial charge in [0, 0.05) is 18.4 Å². The Morgan fingerprint density at radius 1 is 1.33 bits per heavy atom. The van der Waals surface area contributed by atoms with Crippen molar-refractivity contribution < 1.29 is 24.2 Å². The number of esters is 2. The fraction of sp³-hybridized carbons (Fsp3) is 0.636. The summed E-state index contributed by atoms with van der Waals surface area (Å²) in [5.41, 5.74) is 2.38. The van der Waals surface area contributed by atoms with Crippen molar-refractivity contribution in [3.63, 3.8) is 0 Å². The number of carbonyl (C=O) groups is 2. The molecule has 27 heavy (non-hydrogen) atoms. The Labute approximate surface area is 162 Å². The van der Waals surface area contributed by atoms with Gasteiger partial charge in [-0.05, 0) is 56.9 Å². The largest absolute Gasteiger partial charge is 0.458 e. The summed E-state index contributed by atoms with van der Waals surface area (Å²) in [6.07, 6.45) is 4.89. The molecular weight excluding hydrogens is 344 g/mol. The Bertz CT molecular complexity index is 633. The predicted molar refractivity (Wildman–Crippen MR) is 104 cm³/mol. The van der Waals surface area contributed by atoms with Gasteiger partial charge in [0.25, 0.3) is 0 Å². The molecule has 5 heteroatoms. The molecule has 2 aliphatic rings. The van der Waals surface area contributed by atoms with Gasteiger partial charge < -0.3 is 14.6 Å². The van der Waals surface area contributed by atoms with Crippen molar-refractivity contribution in [1.29, 1.82) is 0 Å². The van der Waals surface area contributed by atoms with Gasteiger partial charge in [-0.1, -0.05) is 31.7 Å². The Hall–Kier alpha value is -1.88. The van der Waals surface area contributed by atoms with Gasteiger partial charge in [-0.25, -0.2) is 4.79 Å². The number of rotatable bonds is 1. The molecule has 0 aromatic heterocycles. The lowest BCUT2D eigenvalue weighted by Gasteiger charge is -2.32. The summed E-state index contributed by atoms with van der Waals surface area (Å²) in [5.74, 6) is -1.25. The van der Waals surface area contributed by atoms with Crippen LogP contribution in [0.4, 0.5) is 0 Å². The molecule has 5 atom stereocenters. The quantitative estimate of drug-likeness (QED) is 0.427. The minimum Gasteiger partial charge on any atom is -0.458 e. The van der Waals surface area contributed by atoms with Gasteiger partial charge in [-0.2, -0.15) is 0 Å². The van der Waals surface area contributed by atoms with E-state index in [4.69, 9.17) is 9.47 Å². The third-order valence-electron chi connectivity index (χ3n) is 5.67. The smallest absolute Gasteiger partial charge is 0.334 e. The molecule has 0 aromatic rings. The normalized spacial score (nSPS) is 35.5. The molecule has 1 unspecified atom stereocenters. The highest BCUT2D eigenvalue weighted by Crippen LogP contribution is 2.38. The maximum Gasteiger partial charge on any atom is 0.334 e. The van der Waals surface area contributed by atoms with Gasteiger partial charge in [0.2, 0.25) is 0 Å². The van der Waals surface area contributed by atoms with E-state index in [-0.39, 0.29) is 5.92 Å². The number of aliphatic hydroxyl groups is 1. The summed E-state index contributed by atoms with van der Waals surface area (Å²) >= 11 is 0. The number of fused-ring (bicyclic) bond motifs is 1. The van der Waals surface area contributed by atoms with Gasteiger partial charge in [-0.3, -0.25) is 4.79 Å². The summed E-state index contributed by atoms with van der Waals surface area (Å²) < 4.78 is 11.1.